The van der Waals surface area contributed by atoms with Gasteiger partial charge >= 0.3 is 0 Å². The maximum absolute atomic E-state index is 5.90. The summed E-state index contributed by atoms with van der Waals surface area (Å²) in [5.41, 5.74) is 0.843. The Morgan fingerprint density at radius 3 is 2.80 bits per heavy atom. The highest BCUT2D eigenvalue weighted by Gasteiger charge is 2.05. The molecule has 0 bridgehead atoms. The summed E-state index contributed by atoms with van der Waals surface area (Å²) in [4.78, 5) is 4.16. The molecule has 78 valence electrons. The Balaban J connectivity index is 2.45. The lowest BCUT2D eigenvalue weighted by molar-refractivity contribution is 0.844. The first kappa shape index (κ1) is 10.9. The van der Waals surface area contributed by atoms with Gasteiger partial charge < -0.3 is 0 Å². The van der Waals surface area contributed by atoms with Crippen molar-refractivity contribution in [2.75, 3.05) is 0 Å². The van der Waals surface area contributed by atoms with Crippen LogP contribution in [0.2, 0.25) is 5.02 Å². The van der Waals surface area contributed by atoms with Crippen molar-refractivity contribution in [3.05, 3.63) is 39.7 Å². The fourth-order valence-electron chi connectivity index (χ4n) is 1.12. The fourth-order valence-corrected chi connectivity index (χ4v) is 1.87. The van der Waals surface area contributed by atoms with E-state index in [1.807, 2.05) is 12.3 Å². The second-order valence-corrected chi connectivity index (χ2v) is 4.46. The van der Waals surface area contributed by atoms with Crippen LogP contribution in [0.15, 0.2) is 29.1 Å². The zero-order chi connectivity index (χ0) is 10.8. The number of pyridine rings is 1. The van der Waals surface area contributed by atoms with Gasteiger partial charge in [-0.1, -0.05) is 11.6 Å². The summed E-state index contributed by atoms with van der Waals surface area (Å²) in [6.07, 6.45) is 5.08. The normalized spacial score (nSPS) is 10.6. The van der Waals surface area contributed by atoms with E-state index in [-0.39, 0.29) is 0 Å². The third-order valence-corrected chi connectivity index (χ3v) is 2.89. The van der Waals surface area contributed by atoms with Crippen LogP contribution in [-0.2, 0) is 5.88 Å². The van der Waals surface area contributed by atoms with E-state index in [1.165, 1.54) is 0 Å². The minimum absolute atomic E-state index is 0.358. The van der Waals surface area contributed by atoms with Crippen LogP contribution in [0.1, 0.15) is 5.56 Å². The van der Waals surface area contributed by atoms with Gasteiger partial charge in [0.15, 0.2) is 5.82 Å². The van der Waals surface area contributed by atoms with Crippen LogP contribution in [0, 0.1) is 0 Å². The lowest BCUT2D eigenvalue weighted by atomic mass is 10.3. The second-order valence-electron chi connectivity index (χ2n) is 2.87. The molecule has 0 aliphatic carbocycles. The van der Waals surface area contributed by atoms with Crippen LogP contribution in [0.4, 0.5) is 0 Å². The third kappa shape index (κ3) is 2.33. The lowest BCUT2D eigenvalue weighted by Crippen LogP contribution is -1.98. The lowest BCUT2D eigenvalue weighted by Gasteiger charge is -2.03. The van der Waals surface area contributed by atoms with Gasteiger partial charge in [-0.05, 0) is 27.6 Å². The van der Waals surface area contributed by atoms with E-state index in [0.717, 1.165) is 10.0 Å². The van der Waals surface area contributed by atoms with Gasteiger partial charge in [-0.3, -0.25) is 0 Å². The van der Waals surface area contributed by atoms with Crippen molar-refractivity contribution in [1.82, 2.24) is 14.8 Å². The van der Waals surface area contributed by atoms with E-state index in [9.17, 15) is 0 Å². The van der Waals surface area contributed by atoms with Crippen molar-refractivity contribution in [1.29, 1.82) is 0 Å². The Hall–Kier alpha value is -0.580. The van der Waals surface area contributed by atoms with Gasteiger partial charge in [-0.25, -0.2) is 9.67 Å². The summed E-state index contributed by atoms with van der Waals surface area (Å²) in [5.74, 6) is 1.05. The van der Waals surface area contributed by atoms with Gasteiger partial charge in [0, 0.05) is 18.3 Å². The number of alkyl halides is 1. The molecule has 0 amide bonds. The Labute approximate surface area is 105 Å². The molecular weight excluding hydrogens is 301 g/mol. The van der Waals surface area contributed by atoms with E-state index in [4.69, 9.17) is 23.2 Å². The molecule has 0 aliphatic heterocycles. The molecule has 0 aliphatic rings. The highest BCUT2D eigenvalue weighted by Crippen LogP contribution is 2.19. The fraction of sp³-hybridized carbons (Fsp3) is 0.111. The molecule has 0 saturated heterocycles. The summed E-state index contributed by atoms with van der Waals surface area (Å²) < 4.78 is 2.54. The van der Waals surface area contributed by atoms with Gasteiger partial charge in [0.1, 0.15) is 0 Å². The maximum atomic E-state index is 5.90. The van der Waals surface area contributed by atoms with Gasteiger partial charge in [-0.2, -0.15) is 5.10 Å². The van der Waals surface area contributed by atoms with E-state index in [1.54, 1.807) is 17.1 Å². The van der Waals surface area contributed by atoms with Crippen LogP contribution in [-0.4, -0.2) is 14.8 Å². The molecule has 2 rings (SSSR count). The smallest absolute Gasteiger partial charge is 0.153 e. The number of hydrogen-bond acceptors (Lipinski definition) is 2. The van der Waals surface area contributed by atoms with E-state index in [0.29, 0.717) is 16.7 Å². The number of hydrogen-bond donors (Lipinski definition) is 0. The Morgan fingerprint density at radius 1 is 1.40 bits per heavy atom. The van der Waals surface area contributed by atoms with Crippen LogP contribution in [0.3, 0.4) is 0 Å². The molecule has 2 aromatic rings. The molecule has 0 N–H and O–H groups in total. The zero-order valence-electron chi connectivity index (χ0n) is 7.49. The average Bonchev–Trinajstić information content (AvgIpc) is 2.66. The molecule has 0 aromatic carbocycles. The topological polar surface area (TPSA) is 30.7 Å². The predicted octanol–water partition coefficient (Wildman–Crippen LogP) is 3.42. The molecule has 3 nitrogen and oxygen atoms in total. The van der Waals surface area contributed by atoms with E-state index >= 15 is 0 Å². The van der Waals surface area contributed by atoms with E-state index in [2.05, 4.69) is 26.0 Å². The minimum Gasteiger partial charge on any atom is -0.236 e. The number of aromatic nitrogens is 3. The van der Waals surface area contributed by atoms with Gasteiger partial charge in [0.2, 0.25) is 0 Å². The standard InChI is InChI=1S/C9H6BrCl2N3/c10-7-3-14-15(5-7)9-1-6(2-11)8(12)4-13-9/h1,3-5H,2H2. The summed E-state index contributed by atoms with van der Waals surface area (Å²) in [5, 5.41) is 4.68. The van der Waals surface area contributed by atoms with Gasteiger partial charge in [0.25, 0.3) is 0 Å². The number of halogens is 3. The van der Waals surface area contributed by atoms with E-state index < -0.39 is 0 Å². The molecule has 0 unspecified atom stereocenters. The highest BCUT2D eigenvalue weighted by atomic mass is 79.9. The SMILES string of the molecule is ClCc1cc(-n2cc(Br)cn2)ncc1Cl. The van der Waals surface area contributed by atoms with Gasteiger partial charge in [0.05, 0.1) is 15.7 Å². The average molecular weight is 307 g/mol. The molecule has 0 spiro atoms. The van der Waals surface area contributed by atoms with Crippen molar-refractivity contribution in [3.63, 3.8) is 0 Å². The summed E-state index contributed by atoms with van der Waals surface area (Å²) in [6.45, 7) is 0. The first-order valence-electron chi connectivity index (χ1n) is 4.11. The van der Waals surface area contributed by atoms with Crippen LogP contribution in [0.5, 0.6) is 0 Å². The Bertz CT molecular complexity index is 484. The number of rotatable bonds is 2. The Morgan fingerprint density at radius 2 is 2.20 bits per heavy atom. The first-order valence-corrected chi connectivity index (χ1v) is 5.82. The number of nitrogens with zero attached hydrogens (tertiary/aromatic N) is 3. The first-order chi connectivity index (χ1) is 7.20. The summed E-state index contributed by atoms with van der Waals surface area (Å²) >= 11 is 15.0. The van der Waals surface area contributed by atoms with Crippen LogP contribution < -0.4 is 0 Å². The predicted molar refractivity (Wildman–Crippen MR) is 63.6 cm³/mol. The molecule has 2 aromatic heterocycles. The Kier molecular flexibility index (Phi) is 3.29. The monoisotopic (exact) mass is 305 g/mol. The third-order valence-electron chi connectivity index (χ3n) is 1.85. The van der Waals surface area contributed by atoms with Crippen molar-refractivity contribution in [3.8, 4) is 5.82 Å². The quantitative estimate of drug-likeness (QED) is 0.796. The van der Waals surface area contributed by atoms with Gasteiger partial charge in [-0.15, -0.1) is 11.6 Å². The second kappa shape index (κ2) is 4.51. The molecule has 15 heavy (non-hydrogen) atoms. The molecule has 0 atom stereocenters. The summed E-state index contributed by atoms with van der Waals surface area (Å²) in [6, 6.07) is 1.81. The molecule has 6 heteroatoms. The van der Waals surface area contributed by atoms with Crippen molar-refractivity contribution in [2.24, 2.45) is 0 Å². The molecule has 0 fully saturated rings. The van der Waals surface area contributed by atoms with Crippen molar-refractivity contribution < 1.29 is 0 Å². The van der Waals surface area contributed by atoms with Crippen LogP contribution >= 0.6 is 39.1 Å². The van der Waals surface area contributed by atoms with Crippen LogP contribution in [0.25, 0.3) is 5.82 Å². The zero-order valence-corrected chi connectivity index (χ0v) is 10.6. The summed E-state index contributed by atoms with van der Waals surface area (Å²) in [7, 11) is 0. The molecule has 0 saturated carbocycles. The van der Waals surface area contributed by atoms with Crippen molar-refractivity contribution >= 4 is 39.1 Å². The molecule has 0 radical (unpaired) electrons. The molecular formula is C9H6BrCl2N3. The van der Waals surface area contributed by atoms with Crippen molar-refractivity contribution in [2.45, 2.75) is 5.88 Å². The highest BCUT2D eigenvalue weighted by molar-refractivity contribution is 9.10. The minimum atomic E-state index is 0.358. The molecule has 2 heterocycles. The maximum Gasteiger partial charge on any atom is 0.153 e. The largest absolute Gasteiger partial charge is 0.236 e.